The van der Waals surface area contributed by atoms with E-state index in [0.29, 0.717) is 12.5 Å². The summed E-state index contributed by atoms with van der Waals surface area (Å²) in [5.74, 6) is 1.47. The van der Waals surface area contributed by atoms with Gasteiger partial charge in [-0.1, -0.05) is 51.1 Å². The number of rotatable bonds is 7. The number of para-hydroxylation sites is 2. The molecule has 3 rings (SSSR count). The Morgan fingerprint density at radius 1 is 1.07 bits per heavy atom. The average molecular weight is 381 g/mol. The van der Waals surface area contributed by atoms with Gasteiger partial charge in [0.2, 0.25) is 0 Å². The lowest BCUT2D eigenvalue weighted by Gasteiger charge is -2.49. The van der Waals surface area contributed by atoms with Crippen molar-refractivity contribution >= 4 is 11.6 Å². The molecular formula is C24H32N2O2. The van der Waals surface area contributed by atoms with E-state index in [1.165, 1.54) is 0 Å². The van der Waals surface area contributed by atoms with Crippen molar-refractivity contribution in [2.45, 2.75) is 59.2 Å². The Morgan fingerprint density at radius 2 is 1.75 bits per heavy atom. The molecule has 0 saturated carbocycles. The molecular weight excluding hydrogens is 348 g/mol. The Labute approximate surface area is 168 Å². The number of anilines is 1. The third kappa shape index (κ3) is 3.73. The molecule has 0 fully saturated rings. The first-order valence-corrected chi connectivity index (χ1v) is 10.3. The highest BCUT2D eigenvalue weighted by atomic mass is 16.5. The van der Waals surface area contributed by atoms with E-state index in [0.717, 1.165) is 35.4 Å². The zero-order valence-corrected chi connectivity index (χ0v) is 17.7. The highest BCUT2D eigenvalue weighted by molar-refractivity contribution is 6.02. The molecule has 1 amide bonds. The summed E-state index contributed by atoms with van der Waals surface area (Å²) in [5.41, 5.74) is 1.89. The predicted molar refractivity (Wildman–Crippen MR) is 115 cm³/mol. The molecule has 1 heterocycles. The van der Waals surface area contributed by atoms with Crippen molar-refractivity contribution in [3.05, 3.63) is 59.7 Å². The molecule has 150 valence electrons. The van der Waals surface area contributed by atoms with Crippen LogP contribution >= 0.6 is 0 Å². The third-order valence-corrected chi connectivity index (χ3v) is 5.63. The number of ether oxygens (including phenoxy) is 1. The van der Waals surface area contributed by atoms with E-state index < -0.39 is 5.66 Å². The molecule has 0 aromatic heterocycles. The Kier molecular flexibility index (Phi) is 5.97. The molecule has 4 nitrogen and oxygen atoms in total. The van der Waals surface area contributed by atoms with Crippen LogP contribution in [0.4, 0.5) is 5.69 Å². The monoisotopic (exact) mass is 380 g/mol. The summed E-state index contributed by atoms with van der Waals surface area (Å²) in [5, 5.41) is 3.65. The molecule has 0 bridgehead atoms. The van der Waals surface area contributed by atoms with E-state index in [9.17, 15) is 4.79 Å². The second-order valence-corrected chi connectivity index (χ2v) is 8.20. The Morgan fingerprint density at radius 3 is 2.46 bits per heavy atom. The number of hydrogen-bond donors (Lipinski definition) is 1. The average Bonchev–Trinajstić information content (AvgIpc) is 2.68. The fourth-order valence-corrected chi connectivity index (χ4v) is 3.85. The Hall–Kier alpha value is -2.49. The Bertz CT molecular complexity index is 833. The fraction of sp³-hybridized carbons (Fsp3) is 0.458. The van der Waals surface area contributed by atoms with E-state index in [1.54, 1.807) is 0 Å². The lowest BCUT2D eigenvalue weighted by atomic mass is 9.91. The van der Waals surface area contributed by atoms with E-state index in [4.69, 9.17) is 4.74 Å². The lowest BCUT2D eigenvalue weighted by Crippen LogP contribution is -2.59. The van der Waals surface area contributed by atoms with Crippen LogP contribution in [0.25, 0.3) is 0 Å². The van der Waals surface area contributed by atoms with Crippen LogP contribution in [0.2, 0.25) is 0 Å². The molecule has 1 aliphatic heterocycles. The molecule has 0 aliphatic carbocycles. The largest absolute Gasteiger partial charge is 0.493 e. The SMILES string of the molecule is CCC(C)N1C(=O)c2ccccc2NC1(C)c1ccccc1OCCC(C)C. The molecule has 2 unspecified atom stereocenters. The van der Waals surface area contributed by atoms with Gasteiger partial charge in [0.25, 0.3) is 5.91 Å². The van der Waals surface area contributed by atoms with Crippen molar-refractivity contribution in [1.82, 2.24) is 4.90 Å². The van der Waals surface area contributed by atoms with Crippen LogP contribution in [-0.4, -0.2) is 23.5 Å². The third-order valence-electron chi connectivity index (χ3n) is 5.63. The van der Waals surface area contributed by atoms with Crippen LogP contribution in [0.15, 0.2) is 48.5 Å². The Balaban J connectivity index is 2.06. The summed E-state index contributed by atoms with van der Waals surface area (Å²) >= 11 is 0. The van der Waals surface area contributed by atoms with Gasteiger partial charge in [-0.2, -0.15) is 0 Å². The van der Waals surface area contributed by atoms with Gasteiger partial charge in [0.1, 0.15) is 11.4 Å². The summed E-state index contributed by atoms with van der Waals surface area (Å²) in [6, 6.07) is 15.9. The number of hydrogen-bond acceptors (Lipinski definition) is 3. The maximum atomic E-state index is 13.5. The second-order valence-electron chi connectivity index (χ2n) is 8.20. The van der Waals surface area contributed by atoms with Crippen LogP contribution in [-0.2, 0) is 5.66 Å². The van der Waals surface area contributed by atoms with Crippen molar-refractivity contribution in [2.75, 3.05) is 11.9 Å². The van der Waals surface area contributed by atoms with E-state index in [2.05, 4.69) is 46.0 Å². The molecule has 2 aromatic rings. The maximum Gasteiger partial charge on any atom is 0.258 e. The number of carbonyl (C=O) groups excluding carboxylic acids is 1. The molecule has 1 N–H and O–H groups in total. The van der Waals surface area contributed by atoms with Crippen LogP contribution < -0.4 is 10.1 Å². The molecule has 0 saturated heterocycles. The minimum absolute atomic E-state index is 0.0585. The van der Waals surface area contributed by atoms with Crippen LogP contribution in [0, 0.1) is 5.92 Å². The first-order valence-electron chi connectivity index (χ1n) is 10.3. The van der Waals surface area contributed by atoms with Crippen molar-refractivity contribution in [2.24, 2.45) is 5.92 Å². The number of carbonyl (C=O) groups is 1. The molecule has 2 aromatic carbocycles. The van der Waals surface area contributed by atoms with Crippen LogP contribution in [0.5, 0.6) is 5.75 Å². The van der Waals surface area contributed by atoms with Gasteiger partial charge in [-0.3, -0.25) is 4.79 Å². The molecule has 28 heavy (non-hydrogen) atoms. The van der Waals surface area contributed by atoms with Gasteiger partial charge in [0, 0.05) is 17.3 Å². The van der Waals surface area contributed by atoms with Gasteiger partial charge in [0.05, 0.1) is 12.2 Å². The van der Waals surface area contributed by atoms with Crippen LogP contribution in [0.3, 0.4) is 0 Å². The van der Waals surface area contributed by atoms with Gasteiger partial charge in [-0.15, -0.1) is 0 Å². The summed E-state index contributed by atoms with van der Waals surface area (Å²) in [6.07, 6.45) is 1.87. The van der Waals surface area contributed by atoms with Crippen LogP contribution in [0.1, 0.15) is 63.4 Å². The summed E-state index contributed by atoms with van der Waals surface area (Å²) in [7, 11) is 0. The highest BCUT2D eigenvalue weighted by Crippen LogP contribution is 2.42. The molecule has 2 atom stereocenters. The van der Waals surface area contributed by atoms with Gasteiger partial charge >= 0.3 is 0 Å². The normalized spacial score (nSPS) is 19.9. The van der Waals surface area contributed by atoms with Gasteiger partial charge in [0.15, 0.2) is 0 Å². The number of amides is 1. The summed E-state index contributed by atoms with van der Waals surface area (Å²) in [6.45, 7) is 11.4. The first kappa shape index (κ1) is 20.2. The van der Waals surface area contributed by atoms with Crippen molar-refractivity contribution in [3.63, 3.8) is 0 Å². The first-order chi connectivity index (χ1) is 13.4. The number of benzene rings is 2. The van der Waals surface area contributed by atoms with Gasteiger partial charge < -0.3 is 15.0 Å². The van der Waals surface area contributed by atoms with E-state index >= 15 is 0 Å². The van der Waals surface area contributed by atoms with Gasteiger partial charge in [-0.25, -0.2) is 0 Å². The van der Waals surface area contributed by atoms with E-state index in [-0.39, 0.29) is 11.9 Å². The predicted octanol–water partition coefficient (Wildman–Crippen LogP) is 5.65. The zero-order chi connectivity index (χ0) is 20.3. The minimum atomic E-state index is -0.685. The zero-order valence-electron chi connectivity index (χ0n) is 17.7. The smallest absolute Gasteiger partial charge is 0.258 e. The summed E-state index contributed by atoms with van der Waals surface area (Å²) in [4.78, 5) is 15.4. The summed E-state index contributed by atoms with van der Waals surface area (Å²) < 4.78 is 6.17. The molecule has 0 spiro atoms. The topological polar surface area (TPSA) is 41.6 Å². The fourth-order valence-electron chi connectivity index (χ4n) is 3.85. The van der Waals surface area contributed by atoms with Crippen molar-refractivity contribution in [3.8, 4) is 5.75 Å². The minimum Gasteiger partial charge on any atom is -0.493 e. The van der Waals surface area contributed by atoms with Gasteiger partial charge in [-0.05, 0) is 50.8 Å². The van der Waals surface area contributed by atoms with E-state index in [1.807, 2.05) is 47.4 Å². The number of fused-ring (bicyclic) bond motifs is 1. The quantitative estimate of drug-likeness (QED) is 0.675. The second kappa shape index (κ2) is 8.26. The standard InChI is InChI=1S/C24H32N2O2/c1-6-18(4)26-23(27)19-11-7-9-13-21(19)25-24(26,5)20-12-8-10-14-22(20)28-16-15-17(2)3/h7-14,17-18,25H,6,15-16H2,1-5H3. The lowest BCUT2D eigenvalue weighted by molar-refractivity contribution is 0.0392. The molecule has 1 aliphatic rings. The molecule has 0 radical (unpaired) electrons. The molecule has 4 heteroatoms. The van der Waals surface area contributed by atoms with Crippen molar-refractivity contribution in [1.29, 1.82) is 0 Å². The maximum absolute atomic E-state index is 13.5. The highest BCUT2D eigenvalue weighted by Gasteiger charge is 2.45. The number of nitrogens with one attached hydrogen (secondary N) is 1. The number of nitrogens with zero attached hydrogens (tertiary/aromatic N) is 1. The van der Waals surface area contributed by atoms with Crippen molar-refractivity contribution < 1.29 is 9.53 Å².